The van der Waals surface area contributed by atoms with Crippen LogP contribution in [0.15, 0.2) is 78.9 Å². The maximum absolute atomic E-state index is 2.30. The van der Waals surface area contributed by atoms with Crippen LogP contribution >= 0.6 is 0 Å². The maximum Gasteiger partial charge on any atom is -0.00172 e. The molecule has 5 aromatic carbocycles. The molecule has 0 saturated carbocycles. The first-order valence-corrected chi connectivity index (χ1v) is 8.81. The second-order valence-electron chi connectivity index (χ2n) is 6.98. The zero-order chi connectivity index (χ0) is 16.5. The highest BCUT2D eigenvalue weighted by atomic mass is 14.3. The van der Waals surface area contributed by atoms with Gasteiger partial charge >= 0.3 is 0 Å². The molecule has 0 aliphatic heterocycles. The van der Waals surface area contributed by atoms with Gasteiger partial charge in [-0.3, -0.25) is 0 Å². The summed E-state index contributed by atoms with van der Waals surface area (Å²) in [4.78, 5) is 0. The second kappa shape index (κ2) is 4.49. The molecule has 0 nitrogen and oxygen atoms in total. The number of hydrogen-bond donors (Lipinski definition) is 0. The van der Waals surface area contributed by atoms with Crippen LogP contribution in [0, 0.1) is 6.92 Å². The normalized spacial score (nSPS) is 12.2. The Labute approximate surface area is 146 Å². The topological polar surface area (TPSA) is 0 Å². The van der Waals surface area contributed by atoms with Crippen molar-refractivity contribution < 1.29 is 0 Å². The van der Waals surface area contributed by atoms with E-state index >= 15 is 0 Å². The van der Waals surface area contributed by atoms with E-state index in [-0.39, 0.29) is 0 Å². The lowest BCUT2D eigenvalue weighted by Gasteiger charge is -2.14. The SMILES string of the molecule is Cc1c2c3c(cccc3c3ccc4ccccc4c13)-c1ccccc1-2. The molecule has 0 bridgehead atoms. The van der Waals surface area contributed by atoms with E-state index in [0.717, 1.165) is 0 Å². The summed E-state index contributed by atoms with van der Waals surface area (Å²) in [6.07, 6.45) is 0. The summed E-state index contributed by atoms with van der Waals surface area (Å²) in [5.74, 6) is 0. The summed E-state index contributed by atoms with van der Waals surface area (Å²) >= 11 is 0. The first-order chi connectivity index (χ1) is 12.3. The van der Waals surface area contributed by atoms with E-state index in [1.807, 2.05) is 0 Å². The molecule has 5 aromatic rings. The van der Waals surface area contributed by atoms with Crippen LogP contribution in [0.1, 0.15) is 5.56 Å². The molecule has 25 heavy (non-hydrogen) atoms. The van der Waals surface area contributed by atoms with Crippen LogP contribution in [0.5, 0.6) is 0 Å². The Kier molecular flexibility index (Phi) is 2.37. The van der Waals surface area contributed by atoms with Crippen molar-refractivity contribution in [3.8, 4) is 22.3 Å². The van der Waals surface area contributed by atoms with E-state index in [0.29, 0.717) is 0 Å². The van der Waals surface area contributed by atoms with Gasteiger partial charge in [0.25, 0.3) is 0 Å². The highest BCUT2D eigenvalue weighted by Gasteiger charge is 2.24. The van der Waals surface area contributed by atoms with Crippen LogP contribution in [-0.2, 0) is 0 Å². The molecule has 0 heteroatoms. The third kappa shape index (κ3) is 1.52. The van der Waals surface area contributed by atoms with Crippen molar-refractivity contribution in [3.63, 3.8) is 0 Å². The summed E-state index contributed by atoms with van der Waals surface area (Å²) < 4.78 is 0. The Morgan fingerprint density at radius 1 is 0.480 bits per heavy atom. The lowest BCUT2D eigenvalue weighted by Crippen LogP contribution is -1.88. The molecule has 0 unspecified atom stereocenters. The maximum atomic E-state index is 2.30. The van der Waals surface area contributed by atoms with E-state index in [1.54, 1.807) is 0 Å². The molecule has 0 amide bonds. The van der Waals surface area contributed by atoms with Crippen LogP contribution < -0.4 is 0 Å². The van der Waals surface area contributed by atoms with Gasteiger partial charge in [0.1, 0.15) is 0 Å². The molecule has 1 aliphatic carbocycles. The van der Waals surface area contributed by atoms with Crippen molar-refractivity contribution in [2.75, 3.05) is 0 Å². The third-order valence-corrected chi connectivity index (χ3v) is 5.77. The van der Waals surface area contributed by atoms with Crippen molar-refractivity contribution in [3.05, 3.63) is 84.4 Å². The number of hydrogen-bond acceptors (Lipinski definition) is 0. The van der Waals surface area contributed by atoms with Crippen molar-refractivity contribution in [1.29, 1.82) is 0 Å². The molecule has 116 valence electrons. The molecule has 0 radical (unpaired) electrons. The standard InChI is InChI=1S/C25H16/c1-15-23-17-8-3-2-7-16(17)13-14-22(23)21-12-6-11-20-18-9-4-5-10-19(18)24(15)25(20)21/h2-14H,1H3. The fourth-order valence-electron chi connectivity index (χ4n) is 4.76. The van der Waals surface area contributed by atoms with Crippen molar-refractivity contribution >= 4 is 32.3 Å². The zero-order valence-electron chi connectivity index (χ0n) is 14.0. The van der Waals surface area contributed by atoms with Crippen LogP contribution in [0.25, 0.3) is 54.6 Å². The molecule has 0 fully saturated rings. The van der Waals surface area contributed by atoms with Crippen LogP contribution in [0.2, 0.25) is 0 Å². The molecule has 0 N–H and O–H groups in total. The van der Waals surface area contributed by atoms with E-state index in [4.69, 9.17) is 0 Å². The average Bonchev–Trinajstić information content (AvgIpc) is 3.01. The Morgan fingerprint density at radius 2 is 1.16 bits per heavy atom. The lowest BCUT2D eigenvalue weighted by molar-refractivity contribution is 1.56. The molecule has 0 atom stereocenters. The summed E-state index contributed by atoms with van der Waals surface area (Å²) in [6.45, 7) is 2.29. The summed E-state index contributed by atoms with van der Waals surface area (Å²) in [7, 11) is 0. The molecule has 0 spiro atoms. The predicted octanol–water partition coefficient (Wildman–Crippen LogP) is 7.10. The Balaban J connectivity index is 1.98. The Hall–Kier alpha value is -3.12. The van der Waals surface area contributed by atoms with E-state index < -0.39 is 0 Å². The van der Waals surface area contributed by atoms with E-state index in [2.05, 4.69) is 85.8 Å². The monoisotopic (exact) mass is 316 g/mol. The fourth-order valence-corrected chi connectivity index (χ4v) is 4.76. The van der Waals surface area contributed by atoms with Gasteiger partial charge in [0.05, 0.1) is 0 Å². The summed E-state index contributed by atoms with van der Waals surface area (Å²) in [5, 5.41) is 8.22. The Morgan fingerprint density at radius 3 is 2.08 bits per heavy atom. The van der Waals surface area contributed by atoms with Crippen LogP contribution in [0.4, 0.5) is 0 Å². The molecular weight excluding hydrogens is 300 g/mol. The molecule has 1 aliphatic rings. The first kappa shape index (κ1) is 13.2. The molecule has 0 aromatic heterocycles. The van der Waals surface area contributed by atoms with Crippen molar-refractivity contribution in [2.45, 2.75) is 6.92 Å². The van der Waals surface area contributed by atoms with Gasteiger partial charge in [-0.05, 0) is 67.1 Å². The second-order valence-corrected chi connectivity index (χ2v) is 6.98. The molecule has 0 heterocycles. The summed E-state index contributed by atoms with van der Waals surface area (Å²) in [6, 6.07) is 28.9. The fraction of sp³-hybridized carbons (Fsp3) is 0.0400. The summed E-state index contributed by atoms with van der Waals surface area (Å²) in [5.41, 5.74) is 6.94. The van der Waals surface area contributed by atoms with Crippen LogP contribution in [-0.4, -0.2) is 0 Å². The number of benzene rings is 5. The van der Waals surface area contributed by atoms with Gasteiger partial charge in [-0.25, -0.2) is 0 Å². The minimum Gasteiger partial charge on any atom is -0.0616 e. The van der Waals surface area contributed by atoms with Gasteiger partial charge in [0, 0.05) is 0 Å². The highest BCUT2D eigenvalue weighted by molar-refractivity contribution is 6.28. The zero-order valence-corrected chi connectivity index (χ0v) is 14.0. The number of fused-ring (bicyclic) bond motifs is 7. The largest absolute Gasteiger partial charge is 0.0616 e. The van der Waals surface area contributed by atoms with Crippen molar-refractivity contribution in [2.24, 2.45) is 0 Å². The molecule has 6 rings (SSSR count). The smallest absolute Gasteiger partial charge is 0.00172 e. The average molecular weight is 316 g/mol. The highest BCUT2D eigenvalue weighted by Crippen LogP contribution is 2.51. The van der Waals surface area contributed by atoms with Crippen molar-refractivity contribution in [1.82, 2.24) is 0 Å². The van der Waals surface area contributed by atoms with E-state index in [9.17, 15) is 0 Å². The van der Waals surface area contributed by atoms with Gasteiger partial charge in [-0.1, -0.05) is 78.9 Å². The van der Waals surface area contributed by atoms with E-state index in [1.165, 1.54) is 60.1 Å². The minimum absolute atomic E-state index is 1.31. The van der Waals surface area contributed by atoms with Gasteiger partial charge in [0.15, 0.2) is 0 Å². The van der Waals surface area contributed by atoms with Crippen LogP contribution in [0.3, 0.4) is 0 Å². The lowest BCUT2D eigenvalue weighted by atomic mass is 9.89. The Bertz CT molecular complexity index is 1340. The number of rotatable bonds is 0. The first-order valence-electron chi connectivity index (χ1n) is 8.81. The van der Waals surface area contributed by atoms with Gasteiger partial charge in [-0.15, -0.1) is 0 Å². The predicted molar refractivity (Wildman–Crippen MR) is 108 cm³/mol. The minimum atomic E-state index is 1.31. The van der Waals surface area contributed by atoms with Gasteiger partial charge in [0.2, 0.25) is 0 Å². The van der Waals surface area contributed by atoms with Gasteiger partial charge < -0.3 is 0 Å². The molecule has 0 saturated heterocycles. The molecular formula is C25H16. The number of aryl methyl sites for hydroxylation is 1. The quantitative estimate of drug-likeness (QED) is 0.262. The van der Waals surface area contributed by atoms with Gasteiger partial charge in [-0.2, -0.15) is 0 Å². The third-order valence-electron chi connectivity index (χ3n) is 5.77.